The van der Waals surface area contributed by atoms with Gasteiger partial charge in [-0.3, -0.25) is 15.1 Å². The van der Waals surface area contributed by atoms with Crippen molar-refractivity contribution in [1.82, 2.24) is 30.0 Å². The van der Waals surface area contributed by atoms with Crippen molar-refractivity contribution in [1.29, 1.82) is 0 Å². The van der Waals surface area contributed by atoms with Crippen molar-refractivity contribution in [2.75, 3.05) is 39.4 Å². The van der Waals surface area contributed by atoms with Crippen LogP contribution in [-0.2, 0) is 11.2 Å². The second kappa shape index (κ2) is 9.70. The molecule has 2 unspecified atom stereocenters. The number of nitrogens with one attached hydrogen (secondary N) is 1. The Labute approximate surface area is 194 Å². The Hall–Kier alpha value is -3.26. The van der Waals surface area contributed by atoms with Crippen molar-refractivity contribution in [3.05, 3.63) is 65.7 Å². The molecule has 0 spiro atoms. The fourth-order valence-electron chi connectivity index (χ4n) is 4.81. The van der Waals surface area contributed by atoms with E-state index in [1.54, 1.807) is 18.6 Å². The number of benzene rings is 1. The molecule has 0 radical (unpaired) electrons. The van der Waals surface area contributed by atoms with Gasteiger partial charge in [-0.05, 0) is 30.0 Å². The number of hydrogen-bond acceptors (Lipinski definition) is 5. The molecule has 3 aromatic rings. The number of H-pyrrole nitrogens is 1. The zero-order valence-corrected chi connectivity index (χ0v) is 19.0. The number of morpholine rings is 1. The van der Waals surface area contributed by atoms with Gasteiger partial charge in [-0.1, -0.05) is 31.2 Å². The highest BCUT2D eigenvalue weighted by Gasteiger charge is 2.35. The van der Waals surface area contributed by atoms with Crippen LogP contribution in [0.2, 0.25) is 0 Å². The molecule has 2 aromatic heterocycles. The minimum Gasteiger partial charge on any atom is -0.378 e. The van der Waals surface area contributed by atoms with Crippen molar-refractivity contribution in [3.8, 4) is 11.4 Å². The largest absolute Gasteiger partial charge is 0.378 e. The van der Waals surface area contributed by atoms with E-state index in [1.807, 2.05) is 9.80 Å². The number of ether oxygens (including phenoxy) is 1. The number of aromatic nitrogens is 4. The SMILES string of the molecule is CCc1ccc(C2CC(c3cc(-c4cnccn4)n[nH]3)CN(C(=O)N3CCOCC3)C2)cc1. The summed E-state index contributed by atoms with van der Waals surface area (Å²) in [5.74, 6) is 0.431. The number of aryl methyl sites for hydroxylation is 1. The Kier molecular flexibility index (Phi) is 6.35. The topological polar surface area (TPSA) is 87.2 Å². The monoisotopic (exact) mass is 446 g/mol. The van der Waals surface area contributed by atoms with Gasteiger partial charge in [-0.2, -0.15) is 5.10 Å². The van der Waals surface area contributed by atoms with Crippen LogP contribution in [-0.4, -0.2) is 75.4 Å². The van der Waals surface area contributed by atoms with Crippen LogP contribution in [0.3, 0.4) is 0 Å². The first-order valence-corrected chi connectivity index (χ1v) is 11.7. The van der Waals surface area contributed by atoms with E-state index in [0.717, 1.165) is 36.5 Å². The number of hydrogen-bond donors (Lipinski definition) is 1. The number of amides is 2. The number of nitrogens with zero attached hydrogens (tertiary/aromatic N) is 5. The fourth-order valence-corrected chi connectivity index (χ4v) is 4.81. The molecular formula is C25H30N6O2. The first-order valence-electron chi connectivity index (χ1n) is 11.7. The summed E-state index contributed by atoms with van der Waals surface area (Å²) in [6.45, 7) is 6.07. The molecule has 0 aliphatic carbocycles. The molecule has 2 fully saturated rings. The van der Waals surface area contributed by atoms with Crippen LogP contribution in [0.1, 0.15) is 42.0 Å². The van der Waals surface area contributed by atoms with Crippen molar-refractivity contribution in [2.24, 2.45) is 0 Å². The van der Waals surface area contributed by atoms with Gasteiger partial charge in [-0.25, -0.2) is 4.79 Å². The Morgan fingerprint density at radius 3 is 2.58 bits per heavy atom. The van der Waals surface area contributed by atoms with Gasteiger partial charge in [0.15, 0.2) is 0 Å². The van der Waals surface area contributed by atoms with Gasteiger partial charge in [0, 0.05) is 56.1 Å². The normalized spacial score (nSPS) is 21.2. The average molecular weight is 447 g/mol. The number of aromatic amines is 1. The van der Waals surface area contributed by atoms with Gasteiger partial charge in [0.25, 0.3) is 0 Å². The number of likely N-dealkylation sites (tertiary alicyclic amines) is 1. The predicted molar refractivity (Wildman–Crippen MR) is 125 cm³/mol. The van der Waals surface area contributed by atoms with E-state index in [0.29, 0.717) is 32.8 Å². The maximum Gasteiger partial charge on any atom is 0.320 e. The number of urea groups is 1. The molecule has 1 aromatic carbocycles. The van der Waals surface area contributed by atoms with Crippen molar-refractivity contribution < 1.29 is 9.53 Å². The maximum absolute atomic E-state index is 13.4. The minimum atomic E-state index is 0.104. The summed E-state index contributed by atoms with van der Waals surface area (Å²) in [5, 5.41) is 7.70. The van der Waals surface area contributed by atoms with Crippen LogP contribution < -0.4 is 0 Å². The highest BCUT2D eigenvalue weighted by atomic mass is 16.5. The molecule has 4 heterocycles. The molecule has 0 bridgehead atoms. The lowest BCUT2D eigenvalue weighted by Gasteiger charge is -2.41. The average Bonchev–Trinajstić information content (AvgIpc) is 3.40. The first-order chi connectivity index (χ1) is 16.2. The van der Waals surface area contributed by atoms with Crippen molar-refractivity contribution >= 4 is 6.03 Å². The molecule has 172 valence electrons. The van der Waals surface area contributed by atoms with Gasteiger partial charge in [0.05, 0.1) is 19.4 Å². The molecule has 0 saturated carbocycles. The Morgan fingerprint density at radius 1 is 1.06 bits per heavy atom. The number of carbonyl (C=O) groups is 1. The second-order valence-electron chi connectivity index (χ2n) is 8.81. The highest BCUT2D eigenvalue weighted by Crippen LogP contribution is 2.36. The van der Waals surface area contributed by atoms with Gasteiger partial charge in [0.1, 0.15) is 11.4 Å². The standard InChI is InChI=1S/C25H30N6O2/c1-2-18-3-5-19(6-4-18)20-13-21(17-31(16-20)25(32)30-9-11-33-12-10-30)22-14-23(29-28-22)24-15-26-7-8-27-24/h3-8,14-15,20-21H,2,9-13,16-17H2,1H3,(H,28,29). The molecule has 1 N–H and O–H groups in total. The summed E-state index contributed by atoms with van der Waals surface area (Å²) in [6.07, 6.45) is 7.02. The molecule has 5 rings (SSSR count). The minimum absolute atomic E-state index is 0.104. The third-order valence-electron chi connectivity index (χ3n) is 6.73. The number of rotatable bonds is 4. The summed E-state index contributed by atoms with van der Waals surface area (Å²) < 4.78 is 5.45. The zero-order valence-electron chi connectivity index (χ0n) is 19.0. The van der Waals surface area contributed by atoms with Gasteiger partial charge in [0.2, 0.25) is 0 Å². The quantitative estimate of drug-likeness (QED) is 0.663. The van der Waals surface area contributed by atoms with E-state index in [9.17, 15) is 4.79 Å². The lowest BCUT2D eigenvalue weighted by molar-refractivity contribution is 0.0398. The van der Waals surface area contributed by atoms with Crippen LogP contribution in [0.5, 0.6) is 0 Å². The fraction of sp³-hybridized carbons (Fsp3) is 0.440. The van der Waals surface area contributed by atoms with E-state index in [2.05, 4.69) is 57.4 Å². The summed E-state index contributed by atoms with van der Waals surface area (Å²) in [7, 11) is 0. The van der Waals surface area contributed by atoms with Gasteiger partial charge >= 0.3 is 6.03 Å². The summed E-state index contributed by atoms with van der Waals surface area (Å²) in [4.78, 5) is 25.8. The molecule has 33 heavy (non-hydrogen) atoms. The van der Waals surface area contributed by atoms with E-state index in [-0.39, 0.29) is 17.9 Å². The molecular weight excluding hydrogens is 416 g/mol. The number of carbonyl (C=O) groups excluding carboxylic acids is 1. The van der Waals surface area contributed by atoms with Crippen molar-refractivity contribution in [2.45, 2.75) is 31.6 Å². The Balaban J connectivity index is 1.41. The van der Waals surface area contributed by atoms with Crippen LogP contribution in [0.4, 0.5) is 4.79 Å². The van der Waals surface area contributed by atoms with Crippen LogP contribution >= 0.6 is 0 Å². The van der Waals surface area contributed by atoms with Crippen molar-refractivity contribution in [3.63, 3.8) is 0 Å². The molecule has 2 atom stereocenters. The van der Waals surface area contributed by atoms with Gasteiger partial charge in [-0.15, -0.1) is 0 Å². The maximum atomic E-state index is 13.4. The zero-order chi connectivity index (χ0) is 22.6. The highest BCUT2D eigenvalue weighted by molar-refractivity contribution is 5.75. The summed E-state index contributed by atoms with van der Waals surface area (Å²) in [6, 6.07) is 11.0. The molecule has 2 aliphatic heterocycles. The molecule has 2 amide bonds. The van der Waals surface area contributed by atoms with Crippen LogP contribution in [0.15, 0.2) is 48.9 Å². The summed E-state index contributed by atoms with van der Waals surface area (Å²) in [5.41, 5.74) is 5.16. The smallest absolute Gasteiger partial charge is 0.320 e. The Bertz CT molecular complexity index is 1060. The van der Waals surface area contributed by atoms with Gasteiger partial charge < -0.3 is 14.5 Å². The molecule has 8 nitrogen and oxygen atoms in total. The van der Waals surface area contributed by atoms with Crippen LogP contribution in [0, 0.1) is 0 Å². The van der Waals surface area contributed by atoms with Crippen LogP contribution in [0.25, 0.3) is 11.4 Å². The van der Waals surface area contributed by atoms with E-state index in [1.165, 1.54) is 11.1 Å². The second-order valence-corrected chi connectivity index (χ2v) is 8.81. The molecule has 2 aliphatic rings. The molecule has 8 heteroatoms. The van der Waals surface area contributed by atoms with E-state index < -0.39 is 0 Å². The molecule has 2 saturated heterocycles. The first kappa shape index (κ1) is 21.6. The Morgan fingerprint density at radius 2 is 1.85 bits per heavy atom. The lowest BCUT2D eigenvalue weighted by Crippen LogP contribution is -2.52. The third kappa shape index (κ3) is 4.75. The third-order valence-corrected chi connectivity index (χ3v) is 6.73. The number of piperidine rings is 1. The summed E-state index contributed by atoms with van der Waals surface area (Å²) >= 11 is 0. The predicted octanol–water partition coefficient (Wildman–Crippen LogP) is 3.45. The van der Waals surface area contributed by atoms with E-state index in [4.69, 9.17) is 4.74 Å². The van der Waals surface area contributed by atoms with E-state index >= 15 is 0 Å². The lowest BCUT2D eigenvalue weighted by atomic mass is 9.82.